The van der Waals surface area contributed by atoms with E-state index < -0.39 is 6.04 Å². The summed E-state index contributed by atoms with van der Waals surface area (Å²) in [6.07, 6.45) is 1.82. The van der Waals surface area contributed by atoms with Crippen LogP contribution in [0, 0.1) is 0 Å². The van der Waals surface area contributed by atoms with Crippen LogP contribution < -0.4 is 5.32 Å². The van der Waals surface area contributed by atoms with Gasteiger partial charge in [0.25, 0.3) is 0 Å². The first kappa shape index (κ1) is 23.9. The SMILES string of the molecule is CCCC(=O)N(Cc1ccc(Cl)cc1)[C@@H](C(=O)NCCCOCC)c1ccccc1. The Balaban J connectivity index is 2.28. The molecule has 162 valence electrons. The molecule has 0 radical (unpaired) electrons. The van der Waals surface area contributed by atoms with E-state index in [1.165, 1.54) is 0 Å². The van der Waals surface area contributed by atoms with Crippen LogP contribution in [0.5, 0.6) is 0 Å². The highest BCUT2D eigenvalue weighted by Crippen LogP contribution is 2.25. The lowest BCUT2D eigenvalue weighted by molar-refractivity contribution is -0.141. The van der Waals surface area contributed by atoms with E-state index in [0.29, 0.717) is 44.2 Å². The number of carbonyl (C=O) groups excluding carboxylic acids is 2. The summed E-state index contributed by atoms with van der Waals surface area (Å²) in [6.45, 7) is 5.99. The molecule has 0 fully saturated rings. The van der Waals surface area contributed by atoms with Gasteiger partial charge in [0.15, 0.2) is 0 Å². The van der Waals surface area contributed by atoms with Gasteiger partial charge >= 0.3 is 0 Å². The third kappa shape index (κ3) is 7.47. The summed E-state index contributed by atoms with van der Waals surface area (Å²) in [5.41, 5.74) is 1.71. The predicted molar refractivity (Wildman–Crippen MR) is 120 cm³/mol. The van der Waals surface area contributed by atoms with Crippen LogP contribution in [0.3, 0.4) is 0 Å². The van der Waals surface area contributed by atoms with Gasteiger partial charge in [0.1, 0.15) is 6.04 Å². The van der Waals surface area contributed by atoms with Gasteiger partial charge in [-0.15, -0.1) is 0 Å². The van der Waals surface area contributed by atoms with Gasteiger partial charge < -0.3 is 15.0 Å². The molecule has 0 aliphatic carbocycles. The minimum absolute atomic E-state index is 0.0502. The van der Waals surface area contributed by atoms with E-state index in [2.05, 4.69) is 5.32 Å². The Morgan fingerprint density at radius 1 is 1.07 bits per heavy atom. The van der Waals surface area contributed by atoms with Crippen LogP contribution in [0.25, 0.3) is 0 Å². The van der Waals surface area contributed by atoms with E-state index in [4.69, 9.17) is 16.3 Å². The van der Waals surface area contributed by atoms with E-state index in [-0.39, 0.29) is 11.8 Å². The molecule has 2 rings (SSSR count). The Bertz CT molecular complexity index is 781. The predicted octanol–water partition coefficient (Wildman–Crippen LogP) is 4.75. The van der Waals surface area contributed by atoms with Gasteiger partial charge in [-0.25, -0.2) is 0 Å². The van der Waals surface area contributed by atoms with Gasteiger partial charge in [-0.2, -0.15) is 0 Å². The van der Waals surface area contributed by atoms with Crippen molar-refractivity contribution in [2.45, 2.75) is 45.7 Å². The van der Waals surface area contributed by atoms with E-state index in [0.717, 1.165) is 17.5 Å². The summed E-state index contributed by atoms with van der Waals surface area (Å²) >= 11 is 6.01. The fourth-order valence-electron chi connectivity index (χ4n) is 3.20. The van der Waals surface area contributed by atoms with E-state index in [1.807, 2.05) is 56.3 Å². The molecule has 0 aliphatic rings. The smallest absolute Gasteiger partial charge is 0.247 e. The molecule has 0 heterocycles. The second-order valence-corrected chi connectivity index (χ2v) is 7.49. The van der Waals surface area contributed by atoms with Gasteiger partial charge in [-0.3, -0.25) is 9.59 Å². The zero-order chi connectivity index (χ0) is 21.8. The van der Waals surface area contributed by atoms with Gasteiger partial charge in [-0.1, -0.05) is 61.0 Å². The number of benzene rings is 2. The van der Waals surface area contributed by atoms with Gasteiger partial charge in [-0.05, 0) is 43.0 Å². The van der Waals surface area contributed by atoms with Crippen LogP contribution in [0.1, 0.15) is 50.3 Å². The summed E-state index contributed by atoms with van der Waals surface area (Å²) in [4.78, 5) is 27.9. The maximum absolute atomic E-state index is 13.2. The third-order valence-electron chi connectivity index (χ3n) is 4.69. The first-order chi connectivity index (χ1) is 14.6. The molecule has 0 saturated heterocycles. The Kier molecular flexibility index (Phi) is 10.4. The van der Waals surface area contributed by atoms with Crippen molar-refractivity contribution in [3.05, 3.63) is 70.7 Å². The van der Waals surface area contributed by atoms with Crippen LogP contribution in [0.4, 0.5) is 0 Å². The molecule has 2 amide bonds. The highest BCUT2D eigenvalue weighted by Gasteiger charge is 2.30. The maximum atomic E-state index is 13.2. The molecule has 1 N–H and O–H groups in total. The number of amides is 2. The molecule has 0 unspecified atom stereocenters. The molecule has 6 heteroatoms. The molecule has 0 aliphatic heterocycles. The monoisotopic (exact) mass is 430 g/mol. The molecule has 0 saturated carbocycles. The number of ether oxygens (including phenoxy) is 1. The summed E-state index contributed by atoms with van der Waals surface area (Å²) in [6, 6.07) is 16.1. The first-order valence-electron chi connectivity index (χ1n) is 10.5. The number of hydrogen-bond donors (Lipinski definition) is 1. The molecule has 2 aromatic carbocycles. The normalized spacial score (nSPS) is 11.7. The second kappa shape index (κ2) is 13.0. The average molecular weight is 431 g/mol. The van der Waals surface area contributed by atoms with Crippen molar-refractivity contribution in [3.63, 3.8) is 0 Å². The molecular weight excluding hydrogens is 400 g/mol. The molecule has 2 aromatic rings. The van der Waals surface area contributed by atoms with E-state index >= 15 is 0 Å². The minimum atomic E-state index is -0.701. The highest BCUT2D eigenvalue weighted by molar-refractivity contribution is 6.30. The third-order valence-corrected chi connectivity index (χ3v) is 4.95. The molecule has 0 aromatic heterocycles. The fraction of sp³-hybridized carbons (Fsp3) is 0.417. The molecule has 1 atom stereocenters. The lowest BCUT2D eigenvalue weighted by Gasteiger charge is -2.31. The lowest BCUT2D eigenvalue weighted by Crippen LogP contribution is -2.43. The van der Waals surface area contributed by atoms with Crippen molar-refractivity contribution in [2.75, 3.05) is 19.8 Å². The maximum Gasteiger partial charge on any atom is 0.247 e. The quantitative estimate of drug-likeness (QED) is 0.494. The fourth-order valence-corrected chi connectivity index (χ4v) is 3.33. The number of rotatable bonds is 12. The summed E-state index contributed by atoms with van der Waals surface area (Å²) in [5.74, 6) is -0.234. The Labute approximate surface area is 184 Å². The zero-order valence-electron chi connectivity index (χ0n) is 17.8. The topological polar surface area (TPSA) is 58.6 Å². The number of carbonyl (C=O) groups is 2. The Morgan fingerprint density at radius 2 is 1.77 bits per heavy atom. The number of nitrogens with zero attached hydrogens (tertiary/aromatic N) is 1. The zero-order valence-corrected chi connectivity index (χ0v) is 18.5. The van der Waals surface area contributed by atoms with Crippen molar-refractivity contribution in [3.8, 4) is 0 Å². The Hall–Kier alpha value is -2.37. The lowest BCUT2D eigenvalue weighted by atomic mass is 10.0. The van der Waals surface area contributed by atoms with Crippen molar-refractivity contribution in [2.24, 2.45) is 0 Å². The van der Waals surface area contributed by atoms with Crippen LogP contribution in [-0.2, 0) is 20.9 Å². The number of nitrogens with one attached hydrogen (secondary N) is 1. The average Bonchev–Trinajstić information content (AvgIpc) is 2.75. The largest absolute Gasteiger partial charge is 0.382 e. The Morgan fingerprint density at radius 3 is 2.40 bits per heavy atom. The molecule has 30 heavy (non-hydrogen) atoms. The first-order valence-corrected chi connectivity index (χ1v) is 10.9. The second-order valence-electron chi connectivity index (χ2n) is 7.05. The van der Waals surface area contributed by atoms with Gasteiger partial charge in [0, 0.05) is 37.7 Å². The van der Waals surface area contributed by atoms with Gasteiger partial charge in [0.05, 0.1) is 0 Å². The van der Waals surface area contributed by atoms with Crippen molar-refractivity contribution < 1.29 is 14.3 Å². The standard InChI is InChI=1S/C24H31ClN2O3/c1-3-9-22(28)27(18-19-12-14-21(25)15-13-19)23(20-10-6-5-7-11-20)24(29)26-16-8-17-30-4-2/h5-7,10-15,23H,3-4,8-9,16-18H2,1-2H3,(H,26,29)/t23-/m1/s1. The molecule has 5 nitrogen and oxygen atoms in total. The van der Waals surface area contributed by atoms with Crippen molar-refractivity contribution in [1.29, 1.82) is 0 Å². The highest BCUT2D eigenvalue weighted by atomic mass is 35.5. The van der Waals surface area contributed by atoms with Crippen LogP contribution >= 0.6 is 11.6 Å². The summed E-state index contributed by atoms with van der Waals surface area (Å²) in [7, 11) is 0. The van der Waals surface area contributed by atoms with Crippen LogP contribution in [-0.4, -0.2) is 36.5 Å². The van der Waals surface area contributed by atoms with Crippen LogP contribution in [0.2, 0.25) is 5.02 Å². The number of hydrogen-bond acceptors (Lipinski definition) is 3. The van der Waals surface area contributed by atoms with E-state index in [1.54, 1.807) is 17.0 Å². The molecule has 0 bridgehead atoms. The minimum Gasteiger partial charge on any atom is -0.382 e. The summed E-state index contributed by atoms with van der Waals surface area (Å²) < 4.78 is 5.34. The van der Waals surface area contributed by atoms with Gasteiger partial charge in [0.2, 0.25) is 11.8 Å². The molecular formula is C24H31ClN2O3. The molecule has 0 spiro atoms. The van der Waals surface area contributed by atoms with Crippen molar-refractivity contribution >= 4 is 23.4 Å². The van der Waals surface area contributed by atoms with Crippen LogP contribution in [0.15, 0.2) is 54.6 Å². The summed E-state index contributed by atoms with van der Waals surface area (Å²) in [5, 5.41) is 3.61. The van der Waals surface area contributed by atoms with Crippen molar-refractivity contribution in [1.82, 2.24) is 10.2 Å². The number of halogens is 1. The van der Waals surface area contributed by atoms with E-state index in [9.17, 15) is 9.59 Å².